The van der Waals surface area contributed by atoms with Gasteiger partial charge in [0.05, 0.1) is 18.5 Å². The Bertz CT molecular complexity index is 457. The van der Waals surface area contributed by atoms with Gasteiger partial charge in [-0.25, -0.2) is 0 Å². The first-order valence-electron chi connectivity index (χ1n) is 5.78. The summed E-state index contributed by atoms with van der Waals surface area (Å²) in [7, 11) is 0. The summed E-state index contributed by atoms with van der Waals surface area (Å²) in [5.74, 6) is 0.681. The van der Waals surface area contributed by atoms with Crippen LogP contribution in [0.15, 0.2) is 48.7 Å². The van der Waals surface area contributed by atoms with Crippen LogP contribution in [-0.2, 0) is 17.9 Å². The largest absolute Gasteiger partial charge is 0.466 e. The number of benzene rings is 1. The van der Waals surface area contributed by atoms with Crippen LogP contribution in [0.25, 0.3) is 0 Å². The molecule has 4 nitrogen and oxygen atoms in total. The number of hydrogen-bond acceptors (Lipinski definition) is 4. The van der Waals surface area contributed by atoms with E-state index < -0.39 is 0 Å². The second-order valence-corrected chi connectivity index (χ2v) is 3.79. The van der Waals surface area contributed by atoms with E-state index in [2.05, 4.69) is 4.98 Å². The van der Waals surface area contributed by atoms with Crippen molar-refractivity contribution in [1.29, 1.82) is 0 Å². The maximum atomic E-state index is 5.46. The minimum atomic E-state index is 0.207. The molecule has 0 fully saturated rings. The Morgan fingerprint density at radius 2 is 1.89 bits per heavy atom. The lowest BCUT2D eigenvalue weighted by molar-refractivity contribution is 0.00484. The van der Waals surface area contributed by atoms with Crippen LogP contribution < -0.4 is 10.5 Å². The highest BCUT2D eigenvalue weighted by molar-refractivity contribution is 5.19. The van der Waals surface area contributed by atoms with Gasteiger partial charge in [0.2, 0.25) is 0 Å². The molecular weight excluding hydrogens is 228 g/mol. The molecule has 94 valence electrons. The van der Waals surface area contributed by atoms with Crippen molar-refractivity contribution in [3.8, 4) is 5.75 Å². The highest BCUT2D eigenvalue weighted by atomic mass is 16.7. The molecule has 0 saturated heterocycles. The molecule has 2 N–H and O–H groups in total. The third-order valence-electron chi connectivity index (χ3n) is 2.43. The summed E-state index contributed by atoms with van der Waals surface area (Å²) in [4.78, 5) is 4.13. The zero-order valence-corrected chi connectivity index (χ0v) is 10.1. The van der Waals surface area contributed by atoms with Crippen molar-refractivity contribution in [2.45, 2.75) is 13.2 Å². The molecule has 2 rings (SSSR count). The molecule has 0 amide bonds. The Hall–Kier alpha value is -1.91. The third kappa shape index (κ3) is 3.84. The first-order valence-corrected chi connectivity index (χ1v) is 5.78. The van der Waals surface area contributed by atoms with Crippen LogP contribution >= 0.6 is 0 Å². The Morgan fingerprint density at radius 3 is 2.56 bits per heavy atom. The summed E-state index contributed by atoms with van der Waals surface area (Å²) >= 11 is 0. The third-order valence-corrected chi connectivity index (χ3v) is 2.43. The lowest BCUT2D eigenvalue weighted by atomic mass is 10.2. The maximum Gasteiger partial charge on any atom is 0.189 e. The number of nitrogens with zero attached hydrogens (tertiary/aromatic N) is 1. The predicted molar refractivity (Wildman–Crippen MR) is 68.9 cm³/mol. The molecule has 1 heterocycles. The molecule has 0 saturated carbocycles. The van der Waals surface area contributed by atoms with Crippen molar-refractivity contribution in [1.82, 2.24) is 4.98 Å². The normalized spacial score (nSPS) is 10.3. The van der Waals surface area contributed by atoms with Gasteiger partial charge in [-0.05, 0) is 17.7 Å². The molecule has 0 unspecified atom stereocenters. The van der Waals surface area contributed by atoms with Gasteiger partial charge in [-0.15, -0.1) is 0 Å². The van der Waals surface area contributed by atoms with E-state index in [0.717, 1.165) is 11.3 Å². The highest BCUT2D eigenvalue weighted by Crippen LogP contribution is 2.09. The fourth-order valence-electron chi connectivity index (χ4n) is 1.46. The number of ether oxygens (including phenoxy) is 2. The van der Waals surface area contributed by atoms with Gasteiger partial charge in [-0.1, -0.05) is 30.3 Å². The van der Waals surface area contributed by atoms with Crippen molar-refractivity contribution < 1.29 is 9.47 Å². The van der Waals surface area contributed by atoms with Gasteiger partial charge in [-0.2, -0.15) is 0 Å². The van der Waals surface area contributed by atoms with Crippen LogP contribution in [0.4, 0.5) is 0 Å². The SMILES string of the molecule is NCc1ccc(OCOCc2ccccc2)cn1. The lowest BCUT2D eigenvalue weighted by Gasteiger charge is -2.07. The zero-order chi connectivity index (χ0) is 12.6. The summed E-state index contributed by atoms with van der Waals surface area (Å²) in [6.45, 7) is 1.18. The van der Waals surface area contributed by atoms with E-state index in [4.69, 9.17) is 15.2 Å². The summed E-state index contributed by atoms with van der Waals surface area (Å²) in [6, 6.07) is 13.6. The van der Waals surface area contributed by atoms with Gasteiger partial charge < -0.3 is 15.2 Å². The van der Waals surface area contributed by atoms with Gasteiger partial charge in [0.25, 0.3) is 0 Å². The predicted octanol–water partition coefficient (Wildman–Crippen LogP) is 2.09. The van der Waals surface area contributed by atoms with E-state index in [0.29, 0.717) is 18.9 Å². The molecule has 0 atom stereocenters. The van der Waals surface area contributed by atoms with Crippen molar-refractivity contribution >= 4 is 0 Å². The average molecular weight is 244 g/mol. The van der Waals surface area contributed by atoms with Crippen molar-refractivity contribution in [3.05, 3.63) is 59.9 Å². The average Bonchev–Trinajstić information content (AvgIpc) is 2.45. The van der Waals surface area contributed by atoms with Crippen LogP contribution in [-0.4, -0.2) is 11.8 Å². The molecule has 0 bridgehead atoms. The number of pyridine rings is 1. The van der Waals surface area contributed by atoms with Crippen molar-refractivity contribution in [2.75, 3.05) is 6.79 Å². The molecular formula is C14H16N2O2. The molecule has 0 aliphatic rings. The van der Waals surface area contributed by atoms with Gasteiger partial charge in [-0.3, -0.25) is 4.98 Å². The summed E-state index contributed by atoms with van der Waals surface area (Å²) < 4.78 is 10.8. The van der Waals surface area contributed by atoms with Crippen LogP contribution in [0.3, 0.4) is 0 Å². The minimum Gasteiger partial charge on any atom is -0.466 e. The smallest absolute Gasteiger partial charge is 0.189 e. The first-order chi connectivity index (χ1) is 8.88. The van der Waals surface area contributed by atoms with E-state index in [9.17, 15) is 0 Å². The fraction of sp³-hybridized carbons (Fsp3) is 0.214. The molecule has 0 aliphatic carbocycles. The molecule has 0 spiro atoms. The van der Waals surface area contributed by atoms with E-state index in [1.165, 1.54) is 0 Å². The Kier molecular flexibility index (Phi) is 4.69. The van der Waals surface area contributed by atoms with E-state index in [1.54, 1.807) is 6.20 Å². The fourth-order valence-corrected chi connectivity index (χ4v) is 1.46. The highest BCUT2D eigenvalue weighted by Gasteiger charge is 1.96. The van der Waals surface area contributed by atoms with E-state index >= 15 is 0 Å². The first kappa shape index (κ1) is 12.5. The number of hydrogen-bond donors (Lipinski definition) is 1. The second-order valence-electron chi connectivity index (χ2n) is 3.79. The Balaban J connectivity index is 1.72. The number of rotatable bonds is 6. The van der Waals surface area contributed by atoms with Crippen LogP contribution in [0.2, 0.25) is 0 Å². The lowest BCUT2D eigenvalue weighted by Crippen LogP contribution is -2.04. The van der Waals surface area contributed by atoms with E-state index in [-0.39, 0.29) is 6.79 Å². The zero-order valence-electron chi connectivity index (χ0n) is 10.1. The minimum absolute atomic E-state index is 0.207. The molecule has 18 heavy (non-hydrogen) atoms. The summed E-state index contributed by atoms with van der Waals surface area (Å²) in [6.07, 6.45) is 1.65. The number of nitrogens with two attached hydrogens (primary N) is 1. The van der Waals surface area contributed by atoms with Crippen molar-refractivity contribution in [3.63, 3.8) is 0 Å². The standard InChI is InChI=1S/C14H16N2O2/c15-8-13-6-7-14(9-16-13)18-11-17-10-12-4-2-1-3-5-12/h1-7,9H,8,10-11,15H2. The molecule has 0 radical (unpaired) electrons. The Morgan fingerprint density at radius 1 is 1.06 bits per heavy atom. The molecule has 1 aromatic carbocycles. The molecule has 0 aliphatic heterocycles. The van der Waals surface area contributed by atoms with Gasteiger partial charge in [0.1, 0.15) is 5.75 Å². The van der Waals surface area contributed by atoms with Gasteiger partial charge in [0, 0.05) is 6.54 Å². The summed E-state index contributed by atoms with van der Waals surface area (Å²) in [5, 5.41) is 0. The van der Waals surface area contributed by atoms with Crippen LogP contribution in [0.5, 0.6) is 5.75 Å². The van der Waals surface area contributed by atoms with Crippen LogP contribution in [0, 0.1) is 0 Å². The van der Waals surface area contributed by atoms with Gasteiger partial charge >= 0.3 is 0 Å². The quantitative estimate of drug-likeness (QED) is 0.624. The second kappa shape index (κ2) is 6.74. The summed E-state index contributed by atoms with van der Waals surface area (Å²) in [5.41, 5.74) is 7.42. The van der Waals surface area contributed by atoms with Gasteiger partial charge in [0.15, 0.2) is 6.79 Å². The van der Waals surface area contributed by atoms with Crippen molar-refractivity contribution in [2.24, 2.45) is 5.73 Å². The topological polar surface area (TPSA) is 57.4 Å². The monoisotopic (exact) mass is 244 g/mol. The molecule has 1 aromatic heterocycles. The Labute approximate surface area is 106 Å². The molecule has 2 aromatic rings. The van der Waals surface area contributed by atoms with E-state index in [1.807, 2.05) is 42.5 Å². The maximum absolute atomic E-state index is 5.46. The molecule has 4 heteroatoms. The van der Waals surface area contributed by atoms with Crippen LogP contribution in [0.1, 0.15) is 11.3 Å². The number of aromatic nitrogens is 1.